The third-order valence-corrected chi connectivity index (χ3v) is 6.62. The van der Waals surface area contributed by atoms with Crippen molar-refractivity contribution in [3.8, 4) is 5.75 Å². The molecule has 0 saturated heterocycles. The number of rotatable bonds is 3. The molecule has 6 heteroatoms. The lowest BCUT2D eigenvalue weighted by Crippen LogP contribution is -1.91. The Kier molecular flexibility index (Phi) is 5.00. The fourth-order valence-electron chi connectivity index (χ4n) is 1.49. The highest BCUT2D eigenvalue weighted by Gasteiger charge is 2.16. The van der Waals surface area contributed by atoms with Crippen LogP contribution in [0.5, 0.6) is 5.75 Å². The SMILES string of the molecule is COc1ccc(C(Cl)c2cc(Br)c(Br)s2)cc1Cl. The topological polar surface area (TPSA) is 9.23 Å². The molecule has 96 valence electrons. The molecule has 2 aromatic rings. The van der Waals surface area contributed by atoms with E-state index in [1.807, 2.05) is 24.3 Å². The number of benzene rings is 1. The molecule has 0 radical (unpaired) electrons. The monoisotopic (exact) mass is 428 g/mol. The van der Waals surface area contributed by atoms with Gasteiger partial charge in [0.2, 0.25) is 0 Å². The van der Waals surface area contributed by atoms with Gasteiger partial charge in [-0.15, -0.1) is 22.9 Å². The van der Waals surface area contributed by atoms with Crippen LogP contribution in [0.2, 0.25) is 5.02 Å². The normalized spacial score (nSPS) is 12.5. The fraction of sp³-hybridized carbons (Fsp3) is 0.167. The zero-order valence-corrected chi connectivity index (χ0v) is 14.7. The summed E-state index contributed by atoms with van der Waals surface area (Å²) in [6.07, 6.45) is 0. The zero-order chi connectivity index (χ0) is 13.3. The number of ether oxygens (including phenoxy) is 1. The molecule has 0 N–H and O–H groups in total. The van der Waals surface area contributed by atoms with E-state index in [0.717, 1.165) is 18.7 Å². The quantitative estimate of drug-likeness (QED) is 0.522. The largest absolute Gasteiger partial charge is 0.495 e. The molecule has 2 rings (SSSR count). The van der Waals surface area contributed by atoms with Crippen molar-refractivity contribution in [3.63, 3.8) is 0 Å². The summed E-state index contributed by atoms with van der Waals surface area (Å²) in [5, 5.41) is 0.344. The van der Waals surface area contributed by atoms with Crippen molar-refractivity contribution in [1.29, 1.82) is 0 Å². The van der Waals surface area contributed by atoms with E-state index in [1.54, 1.807) is 18.4 Å². The first-order chi connectivity index (χ1) is 8.52. The summed E-state index contributed by atoms with van der Waals surface area (Å²) in [5.41, 5.74) is 0.948. The maximum absolute atomic E-state index is 6.45. The number of halogens is 4. The van der Waals surface area contributed by atoms with Gasteiger partial charge in [0.15, 0.2) is 0 Å². The lowest BCUT2D eigenvalue weighted by Gasteiger charge is -2.10. The summed E-state index contributed by atoms with van der Waals surface area (Å²) in [6, 6.07) is 7.58. The van der Waals surface area contributed by atoms with E-state index < -0.39 is 0 Å². The Labute approximate surface area is 136 Å². The van der Waals surface area contributed by atoms with E-state index in [4.69, 9.17) is 27.9 Å². The van der Waals surface area contributed by atoms with Crippen LogP contribution >= 0.6 is 66.4 Å². The molecule has 18 heavy (non-hydrogen) atoms. The highest BCUT2D eigenvalue weighted by molar-refractivity contribution is 9.13. The summed E-state index contributed by atoms with van der Waals surface area (Å²) in [7, 11) is 1.59. The summed E-state index contributed by atoms with van der Waals surface area (Å²) >= 11 is 21.1. The first kappa shape index (κ1) is 14.7. The maximum atomic E-state index is 6.45. The van der Waals surface area contributed by atoms with E-state index in [1.165, 1.54) is 0 Å². The Morgan fingerprint density at radius 3 is 2.50 bits per heavy atom. The smallest absolute Gasteiger partial charge is 0.137 e. The number of hydrogen-bond donors (Lipinski definition) is 0. The Bertz CT molecular complexity index is 552. The van der Waals surface area contributed by atoms with Crippen molar-refractivity contribution in [2.75, 3.05) is 7.11 Å². The van der Waals surface area contributed by atoms with Crippen LogP contribution in [0, 0.1) is 0 Å². The van der Waals surface area contributed by atoms with Crippen molar-refractivity contribution in [2.24, 2.45) is 0 Å². The van der Waals surface area contributed by atoms with Crippen LogP contribution in [-0.2, 0) is 0 Å². The second-order valence-electron chi connectivity index (χ2n) is 3.53. The molecule has 0 amide bonds. The van der Waals surface area contributed by atoms with Gasteiger partial charge in [0.05, 0.1) is 21.3 Å². The Hall–Kier alpha value is 0.260. The van der Waals surface area contributed by atoms with Crippen LogP contribution in [0.15, 0.2) is 32.5 Å². The van der Waals surface area contributed by atoms with Crippen LogP contribution in [0.3, 0.4) is 0 Å². The highest BCUT2D eigenvalue weighted by Crippen LogP contribution is 2.41. The second kappa shape index (κ2) is 6.14. The van der Waals surface area contributed by atoms with E-state index in [9.17, 15) is 0 Å². The molecule has 1 aromatic heterocycles. The van der Waals surface area contributed by atoms with Gasteiger partial charge in [-0.3, -0.25) is 0 Å². The lowest BCUT2D eigenvalue weighted by molar-refractivity contribution is 0.415. The maximum Gasteiger partial charge on any atom is 0.137 e. The van der Waals surface area contributed by atoms with E-state index >= 15 is 0 Å². The number of thiophene rings is 1. The minimum atomic E-state index is -0.221. The summed E-state index contributed by atoms with van der Waals surface area (Å²) in [6.45, 7) is 0. The molecule has 0 spiro atoms. The average molecular weight is 431 g/mol. The average Bonchev–Trinajstić information content (AvgIpc) is 2.68. The van der Waals surface area contributed by atoms with Gasteiger partial charge in [-0.2, -0.15) is 0 Å². The third kappa shape index (κ3) is 3.05. The number of alkyl halides is 1. The van der Waals surface area contributed by atoms with Gasteiger partial charge < -0.3 is 4.74 Å². The van der Waals surface area contributed by atoms with Crippen LogP contribution in [-0.4, -0.2) is 7.11 Å². The van der Waals surface area contributed by atoms with Crippen molar-refractivity contribution in [2.45, 2.75) is 5.38 Å². The fourth-order valence-corrected chi connectivity index (χ4v) is 4.19. The first-order valence-corrected chi connectivity index (χ1v) is 8.17. The minimum absolute atomic E-state index is 0.221. The van der Waals surface area contributed by atoms with Gasteiger partial charge in [0.1, 0.15) is 5.75 Å². The van der Waals surface area contributed by atoms with Gasteiger partial charge in [-0.25, -0.2) is 0 Å². The molecule has 1 aromatic carbocycles. The Morgan fingerprint density at radius 1 is 1.28 bits per heavy atom. The van der Waals surface area contributed by atoms with Crippen molar-refractivity contribution in [1.82, 2.24) is 0 Å². The molecule has 0 aliphatic carbocycles. The van der Waals surface area contributed by atoms with E-state index in [2.05, 4.69) is 31.9 Å². The summed E-state index contributed by atoms with van der Waals surface area (Å²) in [4.78, 5) is 1.05. The number of methoxy groups -OCH3 is 1. The van der Waals surface area contributed by atoms with Crippen LogP contribution in [0.25, 0.3) is 0 Å². The molecule has 1 unspecified atom stereocenters. The van der Waals surface area contributed by atoms with Gasteiger partial charge >= 0.3 is 0 Å². The zero-order valence-electron chi connectivity index (χ0n) is 9.22. The predicted molar refractivity (Wildman–Crippen MR) is 85.4 cm³/mol. The van der Waals surface area contributed by atoms with Gasteiger partial charge in [0.25, 0.3) is 0 Å². The van der Waals surface area contributed by atoms with Gasteiger partial charge in [-0.1, -0.05) is 17.7 Å². The first-order valence-electron chi connectivity index (χ1n) is 4.95. The van der Waals surface area contributed by atoms with E-state index in [0.29, 0.717) is 10.8 Å². The molecule has 1 nitrogen and oxygen atoms in total. The number of hydrogen-bond acceptors (Lipinski definition) is 2. The molecule has 1 atom stereocenters. The molecule has 0 bridgehead atoms. The van der Waals surface area contributed by atoms with Crippen LogP contribution in [0.1, 0.15) is 15.8 Å². The van der Waals surface area contributed by atoms with Crippen molar-refractivity contribution in [3.05, 3.63) is 48.0 Å². The minimum Gasteiger partial charge on any atom is -0.495 e. The van der Waals surface area contributed by atoms with Crippen molar-refractivity contribution < 1.29 is 4.74 Å². The Balaban J connectivity index is 2.33. The molecule has 0 aliphatic heterocycles. The summed E-state index contributed by atoms with van der Waals surface area (Å²) < 4.78 is 7.16. The standard InChI is InChI=1S/C12H8Br2Cl2OS/c1-17-9-3-2-6(4-8(9)15)11(16)10-5-7(13)12(14)18-10/h2-5,11H,1H3. The third-order valence-electron chi connectivity index (χ3n) is 2.38. The Morgan fingerprint density at radius 2 is 2.00 bits per heavy atom. The van der Waals surface area contributed by atoms with Gasteiger partial charge in [0, 0.05) is 9.35 Å². The van der Waals surface area contributed by atoms with E-state index in [-0.39, 0.29) is 5.38 Å². The second-order valence-corrected chi connectivity index (χ2v) is 7.63. The van der Waals surface area contributed by atoms with Crippen LogP contribution < -0.4 is 4.74 Å². The molecular weight excluding hydrogens is 423 g/mol. The molecule has 1 heterocycles. The molecule has 0 saturated carbocycles. The van der Waals surface area contributed by atoms with Crippen molar-refractivity contribution >= 4 is 66.4 Å². The lowest BCUT2D eigenvalue weighted by atomic mass is 10.1. The van der Waals surface area contributed by atoms with Gasteiger partial charge in [-0.05, 0) is 55.6 Å². The van der Waals surface area contributed by atoms with Crippen LogP contribution in [0.4, 0.5) is 0 Å². The highest BCUT2D eigenvalue weighted by atomic mass is 79.9. The molecule has 0 fully saturated rings. The molecular formula is C12H8Br2Cl2OS. The molecule has 0 aliphatic rings. The predicted octanol–water partition coefficient (Wildman–Crippen LogP) is 6.26. The summed E-state index contributed by atoms with van der Waals surface area (Å²) in [5.74, 6) is 0.651.